The topological polar surface area (TPSA) is 99.0 Å². The Kier molecular flexibility index (Phi) is 5.26. The number of benzene rings is 2. The summed E-state index contributed by atoms with van der Waals surface area (Å²) in [5.41, 5.74) is 2.14. The van der Waals surface area contributed by atoms with Gasteiger partial charge in [0, 0.05) is 29.3 Å². The quantitative estimate of drug-likeness (QED) is 0.180. The number of carbonyl (C=O) groups is 4. The first kappa shape index (κ1) is 25.4. The van der Waals surface area contributed by atoms with Crippen LogP contribution in [0.4, 0.5) is 13.2 Å². The zero-order valence-corrected chi connectivity index (χ0v) is 22.7. The second-order valence-corrected chi connectivity index (χ2v) is 11.8. The summed E-state index contributed by atoms with van der Waals surface area (Å²) in [4.78, 5) is 59.6. The number of thiazole rings is 2. The lowest BCUT2D eigenvalue weighted by atomic mass is 10.0. The number of rotatable bonds is 2. The first-order valence-corrected chi connectivity index (χ1v) is 13.8. The SMILES string of the molecule is Cc1ccc2c(c1)C(=O)C(=O)/C2=C\c1nc2c(s1)c1sc(/C=C3\C(=O)C(=O)c4cc(C(F)(F)F)ccc43)nc1n2C. The summed E-state index contributed by atoms with van der Waals surface area (Å²) in [7, 11) is 1.76. The van der Waals surface area contributed by atoms with Gasteiger partial charge in [0.1, 0.15) is 10.0 Å². The Morgan fingerprint density at radius 3 is 1.71 bits per heavy atom. The van der Waals surface area contributed by atoms with E-state index in [9.17, 15) is 32.3 Å². The first-order chi connectivity index (χ1) is 19.4. The molecule has 2 aliphatic carbocycles. The van der Waals surface area contributed by atoms with Crippen LogP contribution in [0.15, 0.2) is 36.4 Å². The van der Waals surface area contributed by atoms with Crippen molar-refractivity contribution in [3.05, 3.63) is 79.8 Å². The summed E-state index contributed by atoms with van der Waals surface area (Å²) in [6.45, 7) is 1.85. The lowest BCUT2D eigenvalue weighted by Crippen LogP contribution is -2.08. The Morgan fingerprint density at radius 1 is 0.707 bits per heavy atom. The molecule has 5 aromatic rings. The fraction of sp³-hybridized carbons (Fsp3) is 0.103. The number of carbonyl (C=O) groups excluding carboxylic acids is 4. The van der Waals surface area contributed by atoms with Crippen LogP contribution in [-0.2, 0) is 22.8 Å². The monoisotopic (exact) mass is 589 g/mol. The second kappa shape index (κ2) is 8.48. The number of fused-ring (bicyclic) bond motifs is 5. The molecule has 0 bridgehead atoms. The van der Waals surface area contributed by atoms with Crippen molar-refractivity contribution in [1.82, 2.24) is 14.5 Å². The van der Waals surface area contributed by atoms with Gasteiger partial charge in [-0.25, -0.2) is 9.97 Å². The fourth-order valence-electron chi connectivity index (χ4n) is 5.12. The molecule has 0 atom stereocenters. The van der Waals surface area contributed by atoms with Crippen molar-refractivity contribution in [3.8, 4) is 0 Å². The van der Waals surface area contributed by atoms with Gasteiger partial charge in [0.2, 0.25) is 23.1 Å². The molecule has 0 saturated carbocycles. The maximum absolute atomic E-state index is 13.1. The smallest absolute Gasteiger partial charge is 0.312 e. The van der Waals surface area contributed by atoms with Crippen LogP contribution in [0.25, 0.3) is 44.0 Å². The van der Waals surface area contributed by atoms with Gasteiger partial charge in [-0.2, -0.15) is 13.2 Å². The van der Waals surface area contributed by atoms with Crippen LogP contribution in [0.5, 0.6) is 0 Å². The molecule has 0 radical (unpaired) electrons. The third-order valence-electron chi connectivity index (χ3n) is 7.12. The molecule has 7 nitrogen and oxygen atoms in total. The van der Waals surface area contributed by atoms with Gasteiger partial charge < -0.3 is 4.57 Å². The third-order valence-corrected chi connectivity index (χ3v) is 9.27. The molecular weight excluding hydrogens is 575 g/mol. The minimum absolute atomic E-state index is 0.0120. The van der Waals surface area contributed by atoms with Gasteiger partial charge in [0.05, 0.1) is 15.0 Å². The normalized spacial score (nSPS) is 17.2. The minimum atomic E-state index is -4.64. The highest BCUT2D eigenvalue weighted by molar-refractivity contribution is 7.27. The fourth-order valence-corrected chi connectivity index (χ4v) is 7.32. The maximum Gasteiger partial charge on any atom is 0.416 e. The van der Waals surface area contributed by atoms with E-state index in [4.69, 9.17) is 0 Å². The molecule has 7 rings (SSSR count). The third kappa shape index (κ3) is 3.71. The molecule has 12 heteroatoms. The van der Waals surface area contributed by atoms with Crippen LogP contribution < -0.4 is 0 Å². The Hall–Kier alpha value is -4.55. The van der Waals surface area contributed by atoms with Crippen LogP contribution in [0.3, 0.4) is 0 Å². The van der Waals surface area contributed by atoms with Crippen LogP contribution in [0.1, 0.15) is 53.0 Å². The van der Waals surface area contributed by atoms with Gasteiger partial charge in [-0.1, -0.05) is 23.8 Å². The molecule has 0 fully saturated rings. The van der Waals surface area contributed by atoms with E-state index >= 15 is 0 Å². The molecule has 0 aliphatic heterocycles. The van der Waals surface area contributed by atoms with E-state index < -0.39 is 34.9 Å². The zero-order chi connectivity index (χ0) is 29.0. The highest BCUT2D eigenvalue weighted by Crippen LogP contribution is 2.41. The molecule has 0 amide bonds. The van der Waals surface area contributed by atoms with Crippen LogP contribution in [0, 0.1) is 6.92 Å². The molecule has 2 aliphatic rings. The summed E-state index contributed by atoms with van der Waals surface area (Å²) in [6, 6.07) is 7.97. The van der Waals surface area contributed by atoms with Gasteiger partial charge in [-0.05, 0) is 48.4 Å². The summed E-state index contributed by atoms with van der Waals surface area (Å²) < 4.78 is 42.7. The molecule has 41 heavy (non-hydrogen) atoms. The van der Waals surface area contributed by atoms with E-state index in [1.54, 1.807) is 29.8 Å². The van der Waals surface area contributed by atoms with Crippen molar-refractivity contribution < 1.29 is 32.3 Å². The Bertz CT molecular complexity index is 2140. The molecule has 0 spiro atoms. The van der Waals surface area contributed by atoms with E-state index in [2.05, 4.69) is 9.97 Å². The predicted molar refractivity (Wildman–Crippen MR) is 149 cm³/mol. The number of hydrogen-bond donors (Lipinski definition) is 0. The summed E-state index contributed by atoms with van der Waals surface area (Å²) in [6.07, 6.45) is -1.62. The van der Waals surface area contributed by atoms with E-state index in [-0.39, 0.29) is 22.3 Å². The van der Waals surface area contributed by atoms with Gasteiger partial charge in [-0.15, -0.1) is 22.7 Å². The van der Waals surface area contributed by atoms with Crippen molar-refractivity contribution in [2.45, 2.75) is 13.1 Å². The maximum atomic E-state index is 13.1. The molecule has 2 aromatic carbocycles. The number of halogens is 3. The molecule has 3 heterocycles. The van der Waals surface area contributed by atoms with E-state index in [1.807, 2.05) is 13.0 Å². The largest absolute Gasteiger partial charge is 0.416 e. The molecule has 3 aromatic heterocycles. The van der Waals surface area contributed by atoms with Crippen LogP contribution in [0.2, 0.25) is 0 Å². The van der Waals surface area contributed by atoms with Crippen molar-refractivity contribution in [2.75, 3.05) is 0 Å². The van der Waals surface area contributed by atoms with E-state index in [0.29, 0.717) is 38.5 Å². The molecule has 0 saturated heterocycles. The minimum Gasteiger partial charge on any atom is -0.312 e. The second-order valence-electron chi connectivity index (χ2n) is 9.71. The van der Waals surface area contributed by atoms with Crippen molar-refractivity contribution in [1.29, 1.82) is 0 Å². The van der Waals surface area contributed by atoms with Crippen molar-refractivity contribution in [3.63, 3.8) is 0 Å². The number of aromatic nitrogens is 3. The number of allylic oxidation sites excluding steroid dienone is 2. The summed E-state index contributed by atoms with van der Waals surface area (Å²) in [5.74, 6) is -3.01. The average Bonchev–Trinajstić information content (AvgIpc) is 3.69. The van der Waals surface area contributed by atoms with Gasteiger partial charge >= 0.3 is 6.18 Å². The van der Waals surface area contributed by atoms with E-state index in [0.717, 1.165) is 27.1 Å². The summed E-state index contributed by atoms with van der Waals surface area (Å²) in [5, 5.41) is 0.918. The van der Waals surface area contributed by atoms with Gasteiger partial charge in [-0.3, -0.25) is 19.2 Å². The molecular formula is C29H14F3N3O4S2. The Balaban J connectivity index is 1.30. The lowest BCUT2D eigenvalue weighted by Gasteiger charge is -2.07. The molecule has 0 unspecified atom stereocenters. The zero-order valence-electron chi connectivity index (χ0n) is 21.0. The Labute approximate surface area is 236 Å². The van der Waals surface area contributed by atoms with Crippen LogP contribution in [-0.4, -0.2) is 37.7 Å². The first-order valence-electron chi connectivity index (χ1n) is 12.1. The number of hydrogen-bond acceptors (Lipinski definition) is 8. The molecule has 0 N–H and O–H groups in total. The predicted octanol–water partition coefficient (Wildman–Crippen LogP) is 6.18. The summed E-state index contributed by atoms with van der Waals surface area (Å²) >= 11 is 2.56. The highest BCUT2D eigenvalue weighted by atomic mass is 32.1. The van der Waals surface area contributed by atoms with Crippen molar-refractivity contribution in [2.24, 2.45) is 7.05 Å². The average molecular weight is 590 g/mol. The van der Waals surface area contributed by atoms with Gasteiger partial charge in [0.15, 0.2) is 11.3 Å². The standard InChI is InChI=1S/C29H14F3N3O4S2/c1-11-3-5-13-15(7-11)21(36)23(38)17(13)9-19-33-27-25(40-19)26-28(35(27)2)34-20(41-26)10-18-14-6-4-12(29(30,31)32)8-16(14)22(37)24(18)39/h3-10H,1-2H3/b17-9-,18-10-. The lowest BCUT2D eigenvalue weighted by molar-refractivity contribution is -0.137. The van der Waals surface area contributed by atoms with Gasteiger partial charge in [0.25, 0.3) is 0 Å². The number of nitrogens with zero attached hydrogens (tertiary/aromatic N) is 3. The number of Topliss-reactive ketones (excluding diaryl/α,β-unsaturated/α-hetero) is 4. The number of aryl methyl sites for hydroxylation is 2. The van der Waals surface area contributed by atoms with Crippen molar-refractivity contribution >= 4 is 89.8 Å². The Morgan fingerprint density at radius 2 is 1.20 bits per heavy atom. The van der Waals surface area contributed by atoms with Crippen LogP contribution >= 0.6 is 22.7 Å². The number of alkyl halides is 3. The number of ketones is 4. The molecule has 202 valence electrons. The van der Waals surface area contributed by atoms with E-state index in [1.165, 1.54) is 28.7 Å². The highest BCUT2D eigenvalue weighted by Gasteiger charge is 2.38.